The molecule has 2 aromatic rings. The number of aromatic nitrogens is 3. The zero-order valence-corrected chi connectivity index (χ0v) is 12.3. The number of amides is 1. The Morgan fingerprint density at radius 1 is 1.35 bits per heavy atom. The minimum atomic E-state index is -0.248. The molecule has 0 radical (unpaired) electrons. The van der Waals surface area contributed by atoms with Gasteiger partial charge in [0.15, 0.2) is 5.82 Å². The number of carbonyl (C=O) groups is 1. The second-order valence-electron chi connectivity index (χ2n) is 5.20. The van der Waals surface area contributed by atoms with Crippen molar-refractivity contribution in [3.8, 4) is 0 Å². The summed E-state index contributed by atoms with van der Waals surface area (Å²) in [5.74, 6) is 1.35. The topological polar surface area (TPSA) is 64.2 Å². The van der Waals surface area contributed by atoms with Gasteiger partial charge >= 0.3 is 0 Å². The van der Waals surface area contributed by atoms with E-state index in [9.17, 15) is 4.79 Å². The van der Waals surface area contributed by atoms with Crippen LogP contribution in [0.5, 0.6) is 0 Å². The summed E-state index contributed by atoms with van der Waals surface area (Å²) in [5, 5.41) is 3.89. The molecule has 0 bridgehead atoms. The maximum atomic E-state index is 12.3. The summed E-state index contributed by atoms with van der Waals surface area (Å²) >= 11 is 0. The number of likely N-dealkylation sites (N-methyl/N-ethyl adjacent to an activating group) is 1. The fourth-order valence-corrected chi connectivity index (χ4v) is 1.90. The molecule has 2 heterocycles. The Morgan fingerprint density at radius 3 is 2.55 bits per heavy atom. The molecule has 0 aromatic carbocycles. The van der Waals surface area contributed by atoms with Gasteiger partial charge in [-0.05, 0) is 19.1 Å². The molecule has 20 heavy (non-hydrogen) atoms. The molecule has 6 heteroatoms. The normalized spacial score (nSPS) is 12.7. The highest BCUT2D eigenvalue weighted by Crippen LogP contribution is 2.13. The van der Waals surface area contributed by atoms with Crippen LogP contribution in [-0.2, 0) is 11.3 Å². The predicted molar refractivity (Wildman–Crippen MR) is 74.0 cm³/mol. The van der Waals surface area contributed by atoms with Gasteiger partial charge in [-0.25, -0.2) is 0 Å². The molecular formula is C14H20N4O2. The fraction of sp³-hybridized carbons (Fsp3) is 0.500. The maximum absolute atomic E-state index is 12.3. The molecule has 0 N–H and O–H groups in total. The number of nitrogens with zero attached hydrogens (tertiary/aromatic N) is 4. The average Bonchev–Trinajstić information content (AvgIpc) is 3.07. The lowest BCUT2D eigenvalue weighted by Crippen LogP contribution is -2.32. The van der Waals surface area contributed by atoms with Crippen molar-refractivity contribution in [3.63, 3.8) is 0 Å². The molecule has 0 fully saturated rings. The van der Waals surface area contributed by atoms with Gasteiger partial charge in [-0.15, -0.1) is 0 Å². The Kier molecular flexibility index (Phi) is 4.22. The number of rotatable bonds is 5. The highest BCUT2D eigenvalue weighted by molar-refractivity contribution is 5.79. The molecule has 0 aliphatic rings. The summed E-state index contributed by atoms with van der Waals surface area (Å²) in [4.78, 5) is 18.2. The van der Waals surface area contributed by atoms with Gasteiger partial charge in [-0.3, -0.25) is 4.79 Å². The van der Waals surface area contributed by atoms with Crippen LogP contribution < -0.4 is 0 Å². The zero-order valence-electron chi connectivity index (χ0n) is 12.3. The van der Waals surface area contributed by atoms with Crippen LogP contribution in [0.3, 0.4) is 0 Å². The van der Waals surface area contributed by atoms with E-state index >= 15 is 0 Å². The SMILES string of the molecule is CC(C)c1noc(CN(C)C(=O)[C@@H](C)n2cccc2)n1. The quantitative estimate of drug-likeness (QED) is 0.840. The van der Waals surface area contributed by atoms with E-state index in [2.05, 4.69) is 10.1 Å². The van der Waals surface area contributed by atoms with E-state index in [4.69, 9.17) is 4.52 Å². The van der Waals surface area contributed by atoms with Gasteiger partial charge in [-0.1, -0.05) is 19.0 Å². The lowest BCUT2D eigenvalue weighted by molar-refractivity contribution is -0.133. The molecular weight excluding hydrogens is 256 g/mol. The van der Waals surface area contributed by atoms with E-state index in [1.807, 2.05) is 49.9 Å². The van der Waals surface area contributed by atoms with Gasteiger partial charge in [0.1, 0.15) is 6.04 Å². The van der Waals surface area contributed by atoms with Crippen LogP contribution in [-0.4, -0.2) is 32.6 Å². The lowest BCUT2D eigenvalue weighted by Gasteiger charge is -2.20. The Morgan fingerprint density at radius 2 is 2.00 bits per heavy atom. The second-order valence-corrected chi connectivity index (χ2v) is 5.20. The van der Waals surface area contributed by atoms with E-state index in [1.165, 1.54) is 0 Å². The van der Waals surface area contributed by atoms with Gasteiger partial charge in [0.25, 0.3) is 0 Å². The van der Waals surface area contributed by atoms with E-state index in [-0.39, 0.29) is 17.9 Å². The molecule has 0 unspecified atom stereocenters. The third-order valence-electron chi connectivity index (χ3n) is 3.18. The van der Waals surface area contributed by atoms with E-state index in [0.29, 0.717) is 18.3 Å². The van der Waals surface area contributed by atoms with Gasteiger partial charge in [0, 0.05) is 25.4 Å². The summed E-state index contributed by atoms with van der Waals surface area (Å²) in [7, 11) is 1.74. The van der Waals surface area contributed by atoms with Crippen LogP contribution in [0.25, 0.3) is 0 Å². The molecule has 1 amide bonds. The van der Waals surface area contributed by atoms with Crippen LogP contribution in [0, 0.1) is 0 Å². The first kappa shape index (κ1) is 14.3. The molecule has 1 atom stereocenters. The average molecular weight is 276 g/mol. The molecule has 0 spiro atoms. The zero-order chi connectivity index (χ0) is 14.7. The largest absolute Gasteiger partial charge is 0.342 e. The first-order valence-electron chi connectivity index (χ1n) is 6.69. The molecule has 2 rings (SSSR count). The number of carbonyl (C=O) groups excluding carboxylic acids is 1. The summed E-state index contributed by atoms with van der Waals surface area (Å²) in [6.45, 7) is 6.19. The Balaban J connectivity index is 2.00. The molecule has 6 nitrogen and oxygen atoms in total. The van der Waals surface area contributed by atoms with Gasteiger partial charge < -0.3 is 14.0 Å². The van der Waals surface area contributed by atoms with Crippen molar-refractivity contribution < 1.29 is 9.32 Å². The Hall–Kier alpha value is -2.11. The molecule has 0 saturated heterocycles. The lowest BCUT2D eigenvalue weighted by atomic mass is 10.2. The van der Waals surface area contributed by atoms with Crippen LogP contribution in [0.15, 0.2) is 29.0 Å². The van der Waals surface area contributed by atoms with Crippen molar-refractivity contribution in [2.75, 3.05) is 7.05 Å². The first-order valence-corrected chi connectivity index (χ1v) is 6.69. The highest BCUT2D eigenvalue weighted by atomic mass is 16.5. The number of hydrogen-bond donors (Lipinski definition) is 0. The van der Waals surface area contributed by atoms with Gasteiger partial charge in [-0.2, -0.15) is 4.98 Å². The molecule has 108 valence electrons. The summed E-state index contributed by atoms with van der Waals surface area (Å²) in [6.07, 6.45) is 3.75. The molecule has 0 saturated carbocycles. The van der Waals surface area contributed by atoms with Crippen molar-refractivity contribution in [1.82, 2.24) is 19.6 Å². The summed E-state index contributed by atoms with van der Waals surface area (Å²) in [6, 6.07) is 3.55. The molecule has 0 aliphatic carbocycles. The van der Waals surface area contributed by atoms with E-state index < -0.39 is 0 Å². The molecule has 2 aromatic heterocycles. The first-order chi connectivity index (χ1) is 9.49. The standard InChI is InChI=1S/C14H20N4O2/c1-10(2)13-15-12(20-16-13)9-17(4)14(19)11(3)18-7-5-6-8-18/h5-8,10-11H,9H2,1-4H3/t11-/m1/s1. The summed E-state index contributed by atoms with van der Waals surface area (Å²) < 4.78 is 7.02. The Labute approximate surface area is 118 Å². The fourth-order valence-electron chi connectivity index (χ4n) is 1.90. The Bertz CT molecular complexity index is 560. The third kappa shape index (κ3) is 3.07. The van der Waals surface area contributed by atoms with Crippen LogP contribution in [0.1, 0.15) is 44.4 Å². The van der Waals surface area contributed by atoms with Crippen molar-refractivity contribution >= 4 is 5.91 Å². The van der Waals surface area contributed by atoms with Crippen LogP contribution >= 0.6 is 0 Å². The van der Waals surface area contributed by atoms with Crippen molar-refractivity contribution in [2.45, 2.75) is 39.3 Å². The van der Waals surface area contributed by atoms with Gasteiger partial charge in [0.05, 0.1) is 6.54 Å². The highest BCUT2D eigenvalue weighted by Gasteiger charge is 2.20. The predicted octanol–water partition coefficient (Wildman–Crippen LogP) is 2.21. The van der Waals surface area contributed by atoms with Crippen molar-refractivity contribution in [3.05, 3.63) is 36.2 Å². The van der Waals surface area contributed by atoms with Gasteiger partial charge in [0.2, 0.25) is 11.8 Å². The minimum absolute atomic E-state index is 0.00509. The third-order valence-corrected chi connectivity index (χ3v) is 3.18. The summed E-state index contributed by atoms with van der Waals surface area (Å²) in [5.41, 5.74) is 0. The van der Waals surface area contributed by atoms with Crippen molar-refractivity contribution in [1.29, 1.82) is 0 Å². The van der Waals surface area contributed by atoms with Crippen LogP contribution in [0.4, 0.5) is 0 Å². The number of hydrogen-bond acceptors (Lipinski definition) is 4. The second kappa shape index (κ2) is 5.90. The van der Waals surface area contributed by atoms with E-state index in [1.54, 1.807) is 11.9 Å². The smallest absolute Gasteiger partial charge is 0.246 e. The van der Waals surface area contributed by atoms with Crippen LogP contribution in [0.2, 0.25) is 0 Å². The maximum Gasteiger partial charge on any atom is 0.246 e. The van der Waals surface area contributed by atoms with Crippen molar-refractivity contribution in [2.24, 2.45) is 0 Å². The van der Waals surface area contributed by atoms with E-state index in [0.717, 1.165) is 0 Å². The molecule has 0 aliphatic heterocycles. The monoisotopic (exact) mass is 276 g/mol. The minimum Gasteiger partial charge on any atom is -0.342 e.